The van der Waals surface area contributed by atoms with Crippen molar-refractivity contribution in [2.75, 3.05) is 6.61 Å². The van der Waals surface area contributed by atoms with Gasteiger partial charge in [-0.1, -0.05) is 12.1 Å². The molecule has 3 heteroatoms. The van der Waals surface area contributed by atoms with Crippen molar-refractivity contribution < 1.29 is 13.9 Å². The summed E-state index contributed by atoms with van der Waals surface area (Å²) in [5.41, 5.74) is 0.947. The maximum Gasteiger partial charge on any atom is 0.123 e. The van der Waals surface area contributed by atoms with Gasteiger partial charge in [0.1, 0.15) is 12.1 Å². The highest BCUT2D eigenvalue weighted by atomic mass is 19.1. The Morgan fingerprint density at radius 3 is 2.73 bits per heavy atom. The second-order valence-electron chi connectivity index (χ2n) is 3.83. The molecule has 2 rings (SSSR count). The smallest absolute Gasteiger partial charge is 0.123 e. The number of halogens is 1. The normalized spacial score (nSPS) is 26.2. The Morgan fingerprint density at radius 2 is 2.07 bits per heavy atom. The molecule has 1 heterocycles. The molecule has 80 valence electrons. The molecule has 0 spiro atoms. The van der Waals surface area contributed by atoms with E-state index in [1.54, 1.807) is 12.1 Å². The molecule has 0 radical (unpaired) electrons. The number of carbonyl (C=O) groups excluding carboxylic acids is 1. The van der Waals surface area contributed by atoms with Gasteiger partial charge >= 0.3 is 0 Å². The fraction of sp³-hybridized carbons (Fsp3) is 0.417. The molecular formula is C12H13FO2. The number of benzene rings is 1. The van der Waals surface area contributed by atoms with E-state index in [1.807, 2.05) is 0 Å². The van der Waals surface area contributed by atoms with Gasteiger partial charge in [-0.3, -0.25) is 0 Å². The molecule has 2 nitrogen and oxygen atoms in total. The fourth-order valence-corrected chi connectivity index (χ4v) is 1.86. The molecule has 0 aromatic heterocycles. The molecule has 1 aliphatic heterocycles. The monoisotopic (exact) mass is 208 g/mol. The Labute approximate surface area is 88.1 Å². The van der Waals surface area contributed by atoms with Crippen molar-refractivity contribution in [1.29, 1.82) is 0 Å². The van der Waals surface area contributed by atoms with E-state index in [2.05, 4.69) is 0 Å². The summed E-state index contributed by atoms with van der Waals surface area (Å²) in [6, 6.07) is 6.27. The number of hydrogen-bond donors (Lipinski definition) is 0. The fourth-order valence-electron chi connectivity index (χ4n) is 1.86. The number of rotatable bonds is 2. The maximum atomic E-state index is 12.7. The summed E-state index contributed by atoms with van der Waals surface area (Å²) in [6.45, 7) is 0.603. The van der Waals surface area contributed by atoms with Gasteiger partial charge in [0.2, 0.25) is 0 Å². The molecule has 0 saturated carbocycles. The van der Waals surface area contributed by atoms with Crippen LogP contribution in [0.4, 0.5) is 4.39 Å². The zero-order valence-corrected chi connectivity index (χ0v) is 8.36. The highest BCUT2D eigenvalue weighted by Gasteiger charge is 2.23. The van der Waals surface area contributed by atoms with Crippen molar-refractivity contribution in [3.63, 3.8) is 0 Å². The molecule has 15 heavy (non-hydrogen) atoms. The van der Waals surface area contributed by atoms with Gasteiger partial charge in [-0.2, -0.15) is 0 Å². The summed E-state index contributed by atoms with van der Waals surface area (Å²) >= 11 is 0. The number of carbonyl (C=O) groups is 1. The molecule has 1 aromatic rings. The van der Waals surface area contributed by atoms with Gasteiger partial charge in [-0.15, -0.1) is 0 Å². The minimum atomic E-state index is -0.249. The van der Waals surface area contributed by atoms with E-state index < -0.39 is 0 Å². The van der Waals surface area contributed by atoms with E-state index in [0.29, 0.717) is 13.0 Å². The van der Waals surface area contributed by atoms with Gasteiger partial charge in [-0.25, -0.2) is 4.39 Å². The van der Waals surface area contributed by atoms with E-state index in [0.717, 1.165) is 18.3 Å². The number of ether oxygens (including phenoxy) is 1. The lowest BCUT2D eigenvalue weighted by Crippen LogP contribution is -2.20. The van der Waals surface area contributed by atoms with Crippen molar-refractivity contribution in [2.45, 2.75) is 18.9 Å². The van der Waals surface area contributed by atoms with E-state index in [4.69, 9.17) is 4.74 Å². The molecule has 1 aromatic carbocycles. The van der Waals surface area contributed by atoms with Crippen molar-refractivity contribution >= 4 is 6.29 Å². The van der Waals surface area contributed by atoms with Gasteiger partial charge in [0.15, 0.2) is 0 Å². The maximum absolute atomic E-state index is 12.7. The molecular weight excluding hydrogens is 195 g/mol. The lowest BCUT2D eigenvalue weighted by atomic mass is 9.93. The first-order valence-corrected chi connectivity index (χ1v) is 5.12. The predicted molar refractivity (Wildman–Crippen MR) is 53.9 cm³/mol. The molecule has 2 unspecified atom stereocenters. The first-order chi connectivity index (χ1) is 7.29. The minimum absolute atomic E-state index is 0.0606. The summed E-state index contributed by atoms with van der Waals surface area (Å²) < 4.78 is 18.3. The van der Waals surface area contributed by atoms with Crippen LogP contribution >= 0.6 is 0 Å². The highest BCUT2D eigenvalue weighted by Crippen LogP contribution is 2.30. The van der Waals surface area contributed by atoms with Crippen LogP contribution in [-0.4, -0.2) is 12.9 Å². The zero-order valence-electron chi connectivity index (χ0n) is 8.36. The summed E-state index contributed by atoms with van der Waals surface area (Å²) in [5, 5.41) is 0. The van der Waals surface area contributed by atoms with Crippen molar-refractivity contribution in [3.8, 4) is 0 Å². The Balaban J connectivity index is 2.09. The van der Waals surface area contributed by atoms with Crippen LogP contribution in [0.15, 0.2) is 24.3 Å². The van der Waals surface area contributed by atoms with Crippen LogP contribution in [0.5, 0.6) is 0 Å². The second kappa shape index (κ2) is 4.53. The molecule has 2 atom stereocenters. The summed E-state index contributed by atoms with van der Waals surface area (Å²) in [5.74, 6) is -0.171. The molecule has 0 N–H and O–H groups in total. The molecule has 1 aliphatic rings. The third kappa shape index (κ3) is 2.42. The van der Waals surface area contributed by atoms with Crippen LogP contribution in [0, 0.1) is 11.7 Å². The predicted octanol–water partition coefficient (Wildman–Crippen LogP) is 2.49. The van der Waals surface area contributed by atoms with Gasteiger partial charge in [0.05, 0.1) is 6.10 Å². The Morgan fingerprint density at radius 1 is 1.33 bits per heavy atom. The molecule has 0 amide bonds. The molecule has 1 fully saturated rings. The van der Waals surface area contributed by atoms with Gasteiger partial charge in [-0.05, 0) is 30.5 Å². The SMILES string of the molecule is O=CC1CCOC(c2ccc(F)cc2)C1. The summed E-state index contributed by atoms with van der Waals surface area (Å²) in [7, 11) is 0. The van der Waals surface area contributed by atoms with Gasteiger partial charge < -0.3 is 9.53 Å². The topological polar surface area (TPSA) is 26.3 Å². The van der Waals surface area contributed by atoms with Crippen LogP contribution in [-0.2, 0) is 9.53 Å². The summed E-state index contributed by atoms with van der Waals surface area (Å²) in [6.07, 6.45) is 2.42. The minimum Gasteiger partial charge on any atom is -0.373 e. The molecule has 0 aliphatic carbocycles. The standard InChI is InChI=1S/C12H13FO2/c13-11-3-1-10(2-4-11)12-7-9(8-14)5-6-15-12/h1-4,8-9,12H,5-7H2. The van der Waals surface area contributed by atoms with Gasteiger partial charge in [0.25, 0.3) is 0 Å². The van der Waals surface area contributed by atoms with E-state index >= 15 is 0 Å². The van der Waals surface area contributed by atoms with Crippen LogP contribution in [0.25, 0.3) is 0 Å². The summed E-state index contributed by atoms with van der Waals surface area (Å²) in [4.78, 5) is 10.7. The number of hydrogen-bond acceptors (Lipinski definition) is 2. The second-order valence-corrected chi connectivity index (χ2v) is 3.83. The highest BCUT2D eigenvalue weighted by molar-refractivity contribution is 5.53. The van der Waals surface area contributed by atoms with Crippen molar-refractivity contribution in [3.05, 3.63) is 35.6 Å². The third-order valence-corrected chi connectivity index (χ3v) is 2.76. The van der Waals surface area contributed by atoms with E-state index in [9.17, 15) is 9.18 Å². The first kappa shape index (κ1) is 10.3. The zero-order chi connectivity index (χ0) is 10.7. The van der Waals surface area contributed by atoms with Gasteiger partial charge in [0, 0.05) is 12.5 Å². The lowest BCUT2D eigenvalue weighted by molar-refractivity contribution is -0.115. The van der Waals surface area contributed by atoms with Crippen molar-refractivity contribution in [2.24, 2.45) is 5.92 Å². The number of aldehydes is 1. The molecule has 1 saturated heterocycles. The first-order valence-electron chi connectivity index (χ1n) is 5.12. The van der Waals surface area contributed by atoms with E-state index in [-0.39, 0.29) is 17.8 Å². The van der Waals surface area contributed by atoms with E-state index in [1.165, 1.54) is 12.1 Å². The largest absolute Gasteiger partial charge is 0.373 e. The quantitative estimate of drug-likeness (QED) is 0.698. The average molecular weight is 208 g/mol. The van der Waals surface area contributed by atoms with Crippen LogP contribution < -0.4 is 0 Å². The third-order valence-electron chi connectivity index (χ3n) is 2.76. The van der Waals surface area contributed by atoms with Crippen LogP contribution in [0.3, 0.4) is 0 Å². The lowest BCUT2D eigenvalue weighted by Gasteiger charge is -2.26. The average Bonchev–Trinajstić information content (AvgIpc) is 2.30. The van der Waals surface area contributed by atoms with Crippen LogP contribution in [0.1, 0.15) is 24.5 Å². The Kier molecular flexibility index (Phi) is 3.11. The molecule has 0 bridgehead atoms. The Bertz CT molecular complexity index is 334. The Hall–Kier alpha value is -1.22. The van der Waals surface area contributed by atoms with Crippen molar-refractivity contribution in [1.82, 2.24) is 0 Å². The van der Waals surface area contributed by atoms with Crippen LogP contribution in [0.2, 0.25) is 0 Å².